The molecule has 21 heavy (non-hydrogen) atoms. The number of aryl methyl sites for hydroxylation is 1. The van der Waals surface area contributed by atoms with Gasteiger partial charge in [-0.3, -0.25) is 10.1 Å². The fourth-order valence-corrected chi connectivity index (χ4v) is 2.06. The highest BCUT2D eigenvalue weighted by Crippen LogP contribution is 2.16. The monoisotopic (exact) mass is 297 g/mol. The highest BCUT2D eigenvalue weighted by molar-refractivity contribution is 5.08. The summed E-state index contributed by atoms with van der Waals surface area (Å²) in [6.45, 7) is 3.71. The Labute approximate surface area is 124 Å². The van der Waals surface area contributed by atoms with E-state index in [0.717, 1.165) is 12.8 Å². The van der Waals surface area contributed by atoms with Crippen molar-refractivity contribution in [2.75, 3.05) is 13.2 Å². The van der Waals surface area contributed by atoms with Gasteiger partial charge in [-0.2, -0.15) is 0 Å². The summed E-state index contributed by atoms with van der Waals surface area (Å²) in [6, 6.07) is 0. The standard InChI is InChI=1S/C9H13N3O3.C5H10O/c1-3-15-9(6-12(13)14)8-4-10-7(2)11-5-8;6-5-3-1-2-4-5/h4-5,9H,3,6H2,1-2H3;5-6H,1-4H2. The molecule has 1 aliphatic rings. The molecule has 0 aliphatic heterocycles. The lowest BCUT2D eigenvalue weighted by Crippen LogP contribution is -2.16. The maximum absolute atomic E-state index is 10.4. The van der Waals surface area contributed by atoms with E-state index in [1.54, 1.807) is 26.2 Å². The number of nitrogens with zero attached hydrogens (tertiary/aromatic N) is 3. The first-order valence-corrected chi connectivity index (χ1v) is 7.23. The molecule has 1 aromatic rings. The first kappa shape index (κ1) is 17.5. The Morgan fingerprint density at radius 2 is 2.00 bits per heavy atom. The van der Waals surface area contributed by atoms with Crippen molar-refractivity contribution in [1.82, 2.24) is 9.97 Å². The van der Waals surface area contributed by atoms with Crippen LogP contribution in [0, 0.1) is 17.0 Å². The maximum Gasteiger partial charge on any atom is 0.233 e. The lowest BCUT2D eigenvalue weighted by molar-refractivity contribution is -0.492. The summed E-state index contributed by atoms with van der Waals surface area (Å²) < 4.78 is 5.26. The number of ether oxygens (including phenoxy) is 1. The molecular formula is C14H23N3O4. The van der Waals surface area contributed by atoms with Gasteiger partial charge in [-0.25, -0.2) is 9.97 Å². The second-order valence-corrected chi connectivity index (χ2v) is 4.96. The van der Waals surface area contributed by atoms with Crippen LogP contribution in [-0.2, 0) is 4.74 Å². The van der Waals surface area contributed by atoms with E-state index in [9.17, 15) is 10.1 Å². The van der Waals surface area contributed by atoms with Gasteiger partial charge in [-0.15, -0.1) is 0 Å². The van der Waals surface area contributed by atoms with Gasteiger partial charge < -0.3 is 9.84 Å². The Bertz CT molecular complexity index is 419. The van der Waals surface area contributed by atoms with Crippen LogP contribution in [0.3, 0.4) is 0 Å². The molecule has 118 valence electrons. The molecule has 0 bridgehead atoms. The summed E-state index contributed by atoms with van der Waals surface area (Å²) in [5.74, 6) is 0.634. The van der Waals surface area contributed by atoms with Crippen LogP contribution in [0.5, 0.6) is 0 Å². The van der Waals surface area contributed by atoms with E-state index in [2.05, 4.69) is 9.97 Å². The first-order chi connectivity index (χ1) is 10.0. The largest absolute Gasteiger partial charge is 0.393 e. The fraction of sp³-hybridized carbons (Fsp3) is 0.714. The predicted octanol–water partition coefficient (Wildman–Crippen LogP) is 2.06. The zero-order chi connectivity index (χ0) is 15.7. The number of aromatic nitrogens is 2. The van der Waals surface area contributed by atoms with Gasteiger partial charge in [-0.1, -0.05) is 12.8 Å². The van der Waals surface area contributed by atoms with E-state index in [-0.39, 0.29) is 12.6 Å². The molecule has 0 spiro atoms. The second-order valence-electron chi connectivity index (χ2n) is 4.96. The summed E-state index contributed by atoms with van der Waals surface area (Å²) in [4.78, 5) is 18.0. The van der Waals surface area contributed by atoms with E-state index in [1.165, 1.54) is 12.8 Å². The molecular weight excluding hydrogens is 274 g/mol. The van der Waals surface area contributed by atoms with Crippen LogP contribution >= 0.6 is 0 Å². The third kappa shape index (κ3) is 7.10. The maximum atomic E-state index is 10.4. The van der Waals surface area contributed by atoms with Gasteiger partial charge in [-0.05, 0) is 26.7 Å². The highest BCUT2D eigenvalue weighted by Gasteiger charge is 2.18. The van der Waals surface area contributed by atoms with Crippen molar-refractivity contribution in [2.45, 2.75) is 51.7 Å². The smallest absolute Gasteiger partial charge is 0.233 e. The van der Waals surface area contributed by atoms with E-state index in [4.69, 9.17) is 9.84 Å². The molecule has 7 nitrogen and oxygen atoms in total. The molecule has 0 radical (unpaired) electrons. The summed E-state index contributed by atoms with van der Waals surface area (Å²) in [5.41, 5.74) is 0.638. The van der Waals surface area contributed by atoms with Crippen molar-refractivity contribution in [2.24, 2.45) is 0 Å². The van der Waals surface area contributed by atoms with Gasteiger partial charge in [0.1, 0.15) is 11.9 Å². The Hall–Kier alpha value is -1.60. The number of hydrogen-bond acceptors (Lipinski definition) is 6. The zero-order valence-electron chi connectivity index (χ0n) is 12.6. The Morgan fingerprint density at radius 3 is 2.38 bits per heavy atom. The molecule has 1 aliphatic carbocycles. The molecule has 1 fully saturated rings. The van der Waals surface area contributed by atoms with Crippen molar-refractivity contribution < 1.29 is 14.8 Å². The van der Waals surface area contributed by atoms with Crippen molar-refractivity contribution in [3.63, 3.8) is 0 Å². The Kier molecular flexibility index (Phi) is 7.78. The minimum atomic E-state index is -0.564. The van der Waals surface area contributed by atoms with Crippen LogP contribution in [0.15, 0.2) is 12.4 Å². The van der Waals surface area contributed by atoms with Crippen LogP contribution in [0.25, 0.3) is 0 Å². The van der Waals surface area contributed by atoms with Crippen molar-refractivity contribution in [3.8, 4) is 0 Å². The lowest BCUT2D eigenvalue weighted by atomic mass is 10.2. The number of aliphatic hydroxyl groups excluding tert-OH is 1. The van der Waals surface area contributed by atoms with E-state index in [1.807, 2.05) is 0 Å². The van der Waals surface area contributed by atoms with Crippen LogP contribution in [0.4, 0.5) is 0 Å². The van der Waals surface area contributed by atoms with Crippen molar-refractivity contribution in [1.29, 1.82) is 0 Å². The average Bonchev–Trinajstić information content (AvgIpc) is 2.90. The van der Waals surface area contributed by atoms with Gasteiger partial charge in [0.05, 0.1) is 6.10 Å². The van der Waals surface area contributed by atoms with Gasteiger partial charge in [0, 0.05) is 29.5 Å². The molecule has 1 heterocycles. The third-order valence-corrected chi connectivity index (χ3v) is 3.18. The number of nitro groups is 1. The van der Waals surface area contributed by atoms with Crippen molar-refractivity contribution >= 4 is 0 Å². The highest BCUT2D eigenvalue weighted by atomic mass is 16.6. The molecule has 1 aromatic heterocycles. The number of aliphatic hydroxyl groups is 1. The van der Waals surface area contributed by atoms with Crippen LogP contribution in [-0.4, -0.2) is 39.3 Å². The Morgan fingerprint density at radius 1 is 1.43 bits per heavy atom. The van der Waals surface area contributed by atoms with E-state index < -0.39 is 11.0 Å². The van der Waals surface area contributed by atoms with Gasteiger partial charge in [0.25, 0.3) is 0 Å². The number of rotatable bonds is 5. The minimum absolute atomic E-state index is 0.0463. The molecule has 0 amide bonds. The molecule has 1 N–H and O–H groups in total. The predicted molar refractivity (Wildman–Crippen MR) is 77.5 cm³/mol. The van der Waals surface area contributed by atoms with E-state index in [0.29, 0.717) is 18.0 Å². The fourth-order valence-electron chi connectivity index (χ4n) is 2.06. The van der Waals surface area contributed by atoms with Crippen molar-refractivity contribution in [3.05, 3.63) is 33.9 Å². The molecule has 1 atom stereocenters. The van der Waals surface area contributed by atoms with Gasteiger partial charge >= 0.3 is 0 Å². The lowest BCUT2D eigenvalue weighted by Gasteiger charge is -2.12. The van der Waals surface area contributed by atoms with Crippen LogP contribution in [0.2, 0.25) is 0 Å². The van der Waals surface area contributed by atoms with Crippen LogP contribution in [0.1, 0.15) is 50.1 Å². The SMILES string of the molecule is CCOC(C[N+](=O)[O-])c1cnc(C)nc1.OC1CCCC1. The summed E-state index contributed by atoms with van der Waals surface area (Å²) >= 11 is 0. The summed E-state index contributed by atoms with van der Waals surface area (Å²) in [7, 11) is 0. The average molecular weight is 297 g/mol. The first-order valence-electron chi connectivity index (χ1n) is 7.23. The van der Waals surface area contributed by atoms with Gasteiger partial charge in [0.15, 0.2) is 0 Å². The minimum Gasteiger partial charge on any atom is -0.393 e. The molecule has 2 rings (SSSR count). The second kappa shape index (κ2) is 9.36. The number of hydrogen-bond donors (Lipinski definition) is 1. The molecule has 1 saturated carbocycles. The Balaban J connectivity index is 0.000000304. The van der Waals surface area contributed by atoms with Gasteiger partial charge in [0.2, 0.25) is 6.54 Å². The van der Waals surface area contributed by atoms with Crippen LogP contribution < -0.4 is 0 Å². The molecule has 7 heteroatoms. The molecule has 1 unspecified atom stereocenters. The molecule has 0 aromatic carbocycles. The van der Waals surface area contributed by atoms with E-state index >= 15 is 0 Å². The third-order valence-electron chi connectivity index (χ3n) is 3.18. The molecule has 0 saturated heterocycles. The zero-order valence-corrected chi connectivity index (χ0v) is 12.6. The summed E-state index contributed by atoms with van der Waals surface area (Å²) in [6.07, 6.45) is 7.16. The normalized spacial score (nSPS) is 16.1. The topological polar surface area (TPSA) is 98.4 Å². The summed E-state index contributed by atoms with van der Waals surface area (Å²) in [5, 5.41) is 19.1. The quantitative estimate of drug-likeness (QED) is 0.659.